The van der Waals surface area contributed by atoms with Crippen molar-refractivity contribution in [2.45, 2.75) is 32.1 Å². The highest BCUT2D eigenvalue weighted by Gasteiger charge is 2.30. The predicted octanol–water partition coefficient (Wildman–Crippen LogP) is 2.99. The number of carboxylic acid groups (broad SMARTS) is 1. The van der Waals surface area contributed by atoms with Gasteiger partial charge in [-0.3, -0.25) is 0 Å². The predicted molar refractivity (Wildman–Crippen MR) is 75.1 cm³/mol. The zero-order valence-corrected chi connectivity index (χ0v) is 11.5. The second-order valence-corrected chi connectivity index (χ2v) is 5.44. The van der Waals surface area contributed by atoms with Crippen molar-refractivity contribution in [2.24, 2.45) is 0 Å². The molecule has 4 nitrogen and oxygen atoms in total. The van der Waals surface area contributed by atoms with Gasteiger partial charge >= 0.3 is 5.97 Å². The minimum absolute atomic E-state index is 0.0678. The SMILES string of the molecule is CC(C)c1nc(C2Cc3ccccc32)ncc1C(=O)O. The third kappa shape index (κ3) is 1.97. The number of aromatic nitrogens is 2. The van der Waals surface area contributed by atoms with Crippen LogP contribution >= 0.6 is 0 Å². The van der Waals surface area contributed by atoms with E-state index in [1.165, 1.54) is 17.3 Å². The van der Waals surface area contributed by atoms with E-state index < -0.39 is 5.97 Å². The Kier molecular flexibility index (Phi) is 3.01. The summed E-state index contributed by atoms with van der Waals surface area (Å²) in [5.41, 5.74) is 3.41. The van der Waals surface area contributed by atoms with Crippen LogP contribution < -0.4 is 0 Å². The van der Waals surface area contributed by atoms with Crippen molar-refractivity contribution >= 4 is 5.97 Å². The van der Waals surface area contributed by atoms with E-state index >= 15 is 0 Å². The van der Waals surface area contributed by atoms with Gasteiger partial charge in [-0.25, -0.2) is 14.8 Å². The molecule has 1 N–H and O–H groups in total. The van der Waals surface area contributed by atoms with Crippen LogP contribution in [-0.2, 0) is 6.42 Å². The van der Waals surface area contributed by atoms with E-state index in [0.717, 1.165) is 12.2 Å². The number of aromatic carboxylic acids is 1. The summed E-state index contributed by atoms with van der Waals surface area (Å²) in [5.74, 6) is 0.0383. The van der Waals surface area contributed by atoms with E-state index in [0.29, 0.717) is 5.69 Å². The summed E-state index contributed by atoms with van der Waals surface area (Å²) in [5, 5.41) is 9.19. The van der Waals surface area contributed by atoms with Crippen molar-refractivity contribution in [3.05, 3.63) is 58.7 Å². The van der Waals surface area contributed by atoms with E-state index in [-0.39, 0.29) is 17.4 Å². The minimum Gasteiger partial charge on any atom is -0.478 e. The van der Waals surface area contributed by atoms with Crippen LogP contribution in [0.2, 0.25) is 0 Å². The maximum Gasteiger partial charge on any atom is 0.339 e. The van der Waals surface area contributed by atoms with Crippen LogP contribution in [0.5, 0.6) is 0 Å². The first kappa shape index (κ1) is 12.8. The maximum absolute atomic E-state index is 11.2. The topological polar surface area (TPSA) is 63.1 Å². The van der Waals surface area contributed by atoms with Crippen molar-refractivity contribution in [1.82, 2.24) is 9.97 Å². The van der Waals surface area contributed by atoms with E-state index in [9.17, 15) is 9.90 Å². The number of hydrogen-bond donors (Lipinski definition) is 1. The van der Waals surface area contributed by atoms with Crippen molar-refractivity contribution in [3.8, 4) is 0 Å². The van der Waals surface area contributed by atoms with E-state index in [4.69, 9.17) is 0 Å². The molecule has 1 unspecified atom stereocenters. The molecule has 3 rings (SSSR count). The fraction of sp³-hybridized carbons (Fsp3) is 0.312. The molecule has 0 amide bonds. The van der Waals surface area contributed by atoms with Crippen molar-refractivity contribution in [3.63, 3.8) is 0 Å². The standard InChI is InChI=1S/C16H16N2O2/c1-9(2)14-13(16(19)20)8-17-15(18-14)12-7-10-5-3-4-6-11(10)12/h3-6,8-9,12H,7H2,1-2H3,(H,19,20). The Morgan fingerprint density at radius 2 is 2.10 bits per heavy atom. The van der Waals surface area contributed by atoms with Crippen LogP contribution in [-0.4, -0.2) is 21.0 Å². The lowest BCUT2D eigenvalue weighted by molar-refractivity contribution is 0.0694. The molecule has 0 spiro atoms. The smallest absolute Gasteiger partial charge is 0.339 e. The highest BCUT2D eigenvalue weighted by molar-refractivity contribution is 5.88. The van der Waals surface area contributed by atoms with E-state index in [1.54, 1.807) is 0 Å². The lowest BCUT2D eigenvalue weighted by Gasteiger charge is -2.29. The summed E-state index contributed by atoms with van der Waals surface area (Å²) in [6.07, 6.45) is 2.38. The molecule has 102 valence electrons. The maximum atomic E-state index is 11.2. The monoisotopic (exact) mass is 268 g/mol. The molecule has 1 aliphatic carbocycles. The molecular weight excluding hydrogens is 252 g/mol. The molecule has 1 heterocycles. The van der Waals surface area contributed by atoms with Gasteiger partial charge in [-0.2, -0.15) is 0 Å². The van der Waals surface area contributed by atoms with Crippen molar-refractivity contribution < 1.29 is 9.90 Å². The van der Waals surface area contributed by atoms with Gasteiger partial charge in [0.1, 0.15) is 5.82 Å². The van der Waals surface area contributed by atoms with Crippen molar-refractivity contribution in [1.29, 1.82) is 0 Å². The Bertz CT molecular complexity index is 680. The zero-order valence-electron chi connectivity index (χ0n) is 11.5. The highest BCUT2D eigenvalue weighted by atomic mass is 16.4. The summed E-state index contributed by atoms with van der Waals surface area (Å²) >= 11 is 0. The molecule has 0 bridgehead atoms. The molecule has 0 fully saturated rings. The number of hydrogen-bond acceptors (Lipinski definition) is 3. The fourth-order valence-corrected chi connectivity index (χ4v) is 2.67. The number of nitrogens with zero attached hydrogens (tertiary/aromatic N) is 2. The number of rotatable bonds is 3. The van der Waals surface area contributed by atoms with Gasteiger partial charge in [0, 0.05) is 12.1 Å². The first-order valence-corrected chi connectivity index (χ1v) is 6.76. The third-order valence-corrected chi connectivity index (χ3v) is 3.78. The molecule has 0 aliphatic heterocycles. The number of fused-ring (bicyclic) bond motifs is 1. The van der Waals surface area contributed by atoms with Gasteiger partial charge in [0.15, 0.2) is 0 Å². The number of benzene rings is 1. The Morgan fingerprint density at radius 1 is 1.35 bits per heavy atom. The minimum atomic E-state index is -0.964. The van der Waals surface area contributed by atoms with Crippen LogP contribution in [0.4, 0.5) is 0 Å². The van der Waals surface area contributed by atoms with Crippen molar-refractivity contribution in [2.75, 3.05) is 0 Å². The van der Waals surface area contributed by atoms with E-state index in [1.807, 2.05) is 26.0 Å². The van der Waals surface area contributed by atoms with Crippen LogP contribution in [0.15, 0.2) is 30.5 Å². The van der Waals surface area contributed by atoms with Gasteiger partial charge in [0.05, 0.1) is 11.3 Å². The summed E-state index contributed by atoms with van der Waals surface area (Å²) in [6.45, 7) is 3.90. The first-order chi connectivity index (χ1) is 9.58. The summed E-state index contributed by atoms with van der Waals surface area (Å²) in [7, 11) is 0. The average molecular weight is 268 g/mol. The first-order valence-electron chi connectivity index (χ1n) is 6.76. The zero-order chi connectivity index (χ0) is 14.3. The molecule has 2 aromatic rings. The fourth-order valence-electron chi connectivity index (χ4n) is 2.67. The summed E-state index contributed by atoms with van der Waals surface area (Å²) in [4.78, 5) is 20.0. The molecule has 20 heavy (non-hydrogen) atoms. The Morgan fingerprint density at radius 3 is 2.75 bits per heavy atom. The normalized spacial score (nSPS) is 16.6. The second-order valence-electron chi connectivity index (χ2n) is 5.44. The molecule has 0 saturated heterocycles. The molecule has 1 aliphatic rings. The average Bonchev–Trinajstić information content (AvgIpc) is 2.39. The van der Waals surface area contributed by atoms with Gasteiger partial charge in [0.2, 0.25) is 0 Å². The van der Waals surface area contributed by atoms with Crippen LogP contribution in [0.3, 0.4) is 0 Å². The molecule has 0 radical (unpaired) electrons. The molecule has 1 aromatic carbocycles. The lowest BCUT2D eigenvalue weighted by Crippen LogP contribution is -2.22. The Labute approximate surface area is 117 Å². The lowest BCUT2D eigenvalue weighted by atomic mass is 9.77. The molecular formula is C16H16N2O2. The number of carbonyl (C=O) groups is 1. The van der Waals surface area contributed by atoms with Gasteiger partial charge in [0.25, 0.3) is 0 Å². The van der Waals surface area contributed by atoms with Crippen LogP contribution in [0, 0.1) is 0 Å². The largest absolute Gasteiger partial charge is 0.478 e. The Balaban J connectivity index is 2.01. The Hall–Kier alpha value is -2.23. The van der Waals surface area contributed by atoms with Gasteiger partial charge in [-0.05, 0) is 23.5 Å². The van der Waals surface area contributed by atoms with Crippen LogP contribution in [0.1, 0.15) is 58.7 Å². The summed E-state index contributed by atoms with van der Waals surface area (Å²) in [6, 6.07) is 8.25. The quantitative estimate of drug-likeness (QED) is 0.929. The van der Waals surface area contributed by atoms with Crippen LogP contribution in [0.25, 0.3) is 0 Å². The molecule has 1 atom stereocenters. The van der Waals surface area contributed by atoms with Gasteiger partial charge in [-0.1, -0.05) is 38.1 Å². The van der Waals surface area contributed by atoms with Gasteiger partial charge in [-0.15, -0.1) is 0 Å². The highest BCUT2D eigenvalue weighted by Crippen LogP contribution is 2.38. The number of carboxylic acids is 1. The van der Waals surface area contributed by atoms with E-state index in [2.05, 4.69) is 22.1 Å². The molecule has 4 heteroatoms. The summed E-state index contributed by atoms with van der Waals surface area (Å²) < 4.78 is 0. The van der Waals surface area contributed by atoms with Gasteiger partial charge < -0.3 is 5.11 Å². The third-order valence-electron chi connectivity index (χ3n) is 3.78. The molecule has 0 saturated carbocycles. The second kappa shape index (κ2) is 4.71. The molecule has 1 aromatic heterocycles.